The van der Waals surface area contributed by atoms with Crippen molar-refractivity contribution in [3.05, 3.63) is 57.1 Å². The van der Waals surface area contributed by atoms with Gasteiger partial charge < -0.3 is 0 Å². The average molecular weight is 300 g/mol. The Hall–Kier alpha value is -2.07. The van der Waals surface area contributed by atoms with Crippen LogP contribution in [0, 0.1) is 0 Å². The third-order valence-electron chi connectivity index (χ3n) is 4.11. The van der Waals surface area contributed by atoms with Gasteiger partial charge in [-0.25, -0.2) is 4.68 Å². The van der Waals surface area contributed by atoms with E-state index in [-0.39, 0.29) is 5.56 Å². The van der Waals surface area contributed by atoms with Crippen molar-refractivity contribution in [2.75, 3.05) is 0 Å². The molecule has 5 heteroatoms. The maximum Gasteiger partial charge on any atom is 0.280 e. The van der Waals surface area contributed by atoms with Gasteiger partial charge in [0.1, 0.15) is 0 Å². The van der Waals surface area contributed by atoms with Crippen LogP contribution < -0.4 is 5.56 Å². The Kier molecular flexibility index (Phi) is 2.86. The summed E-state index contributed by atoms with van der Waals surface area (Å²) in [5.74, 6) is 0. The Morgan fingerprint density at radius 2 is 2.00 bits per heavy atom. The SMILES string of the molecule is O=c1c2cnc3c(c2[nH]n1-c1ccccc1Cl)CCCC3. The van der Waals surface area contributed by atoms with Crippen molar-refractivity contribution in [1.29, 1.82) is 0 Å². The largest absolute Gasteiger partial charge is 0.290 e. The lowest BCUT2D eigenvalue weighted by atomic mass is 9.95. The van der Waals surface area contributed by atoms with Crippen LogP contribution in [0.4, 0.5) is 0 Å². The molecule has 0 bridgehead atoms. The molecule has 0 atom stereocenters. The highest BCUT2D eigenvalue weighted by Gasteiger charge is 2.18. The molecule has 0 fully saturated rings. The van der Waals surface area contributed by atoms with Gasteiger partial charge >= 0.3 is 0 Å². The number of aryl methyl sites for hydroxylation is 2. The minimum absolute atomic E-state index is 0.0982. The van der Waals surface area contributed by atoms with Gasteiger partial charge in [-0.1, -0.05) is 23.7 Å². The van der Waals surface area contributed by atoms with Crippen LogP contribution in [-0.2, 0) is 12.8 Å². The first-order valence-electron chi connectivity index (χ1n) is 7.12. The summed E-state index contributed by atoms with van der Waals surface area (Å²) in [6.07, 6.45) is 5.96. The van der Waals surface area contributed by atoms with Gasteiger partial charge in [-0.15, -0.1) is 0 Å². The minimum atomic E-state index is -0.0982. The van der Waals surface area contributed by atoms with Crippen molar-refractivity contribution in [3.8, 4) is 5.69 Å². The summed E-state index contributed by atoms with van der Waals surface area (Å²) in [6.45, 7) is 0. The second-order valence-corrected chi connectivity index (χ2v) is 5.79. The molecule has 4 rings (SSSR count). The zero-order valence-electron chi connectivity index (χ0n) is 11.4. The van der Waals surface area contributed by atoms with Crippen LogP contribution in [0.1, 0.15) is 24.1 Å². The molecule has 1 aliphatic carbocycles. The summed E-state index contributed by atoms with van der Waals surface area (Å²) >= 11 is 6.21. The van der Waals surface area contributed by atoms with Crippen LogP contribution in [0.15, 0.2) is 35.3 Å². The third-order valence-corrected chi connectivity index (χ3v) is 4.43. The van der Waals surface area contributed by atoms with E-state index in [0.29, 0.717) is 16.1 Å². The third kappa shape index (κ3) is 1.90. The van der Waals surface area contributed by atoms with Gasteiger partial charge in [0, 0.05) is 11.9 Å². The number of nitrogens with one attached hydrogen (secondary N) is 1. The second-order valence-electron chi connectivity index (χ2n) is 5.38. The van der Waals surface area contributed by atoms with Gasteiger partial charge in [0.15, 0.2) is 0 Å². The molecule has 4 nitrogen and oxygen atoms in total. The topological polar surface area (TPSA) is 50.7 Å². The van der Waals surface area contributed by atoms with Gasteiger partial charge in [-0.2, -0.15) is 0 Å². The molecular weight excluding hydrogens is 286 g/mol. The lowest BCUT2D eigenvalue weighted by Crippen LogP contribution is -2.14. The van der Waals surface area contributed by atoms with Crippen LogP contribution in [0.25, 0.3) is 16.6 Å². The van der Waals surface area contributed by atoms with Crippen molar-refractivity contribution < 1.29 is 0 Å². The molecule has 21 heavy (non-hydrogen) atoms. The van der Waals surface area contributed by atoms with E-state index in [9.17, 15) is 4.79 Å². The minimum Gasteiger partial charge on any atom is -0.290 e. The fourth-order valence-electron chi connectivity index (χ4n) is 3.05. The average Bonchev–Trinajstić information content (AvgIpc) is 2.85. The smallest absolute Gasteiger partial charge is 0.280 e. The number of rotatable bonds is 1. The molecule has 0 spiro atoms. The van der Waals surface area contributed by atoms with Crippen LogP contribution in [0.2, 0.25) is 5.02 Å². The number of H-pyrrole nitrogens is 1. The number of nitrogens with zero attached hydrogens (tertiary/aromatic N) is 2. The first-order chi connectivity index (χ1) is 10.3. The standard InChI is InChI=1S/C16H14ClN3O/c17-12-6-2-4-8-14(12)20-16(21)11-9-18-13-7-3-1-5-10(13)15(11)19-20/h2,4,6,8-9,19H,1,3,5,7H2. The molecule has 0 saturated heterocycles. The van der Waals surface area contributed by atoms with Crippen LogP contribution in [0.5, 0.6) is 0 Å². The van der Waals surface area contributed by atoms with E-state index >= 15 is 0 Å². The van der Waals surface area contributed by atoms with Gasteiger partial charge in [0.05, 0.1) is 21.6 Å². The molecule has 106 valence electrons. The maximum absolute atomic E-state index is 12.6. The quantitative estimate of drug-likeness (QED) is 0.750. The zero-order chi connectivity index (χ0) is 14.4. The van der Waals surface area contributed by atoms with Crippen molar-refractivity contribution in [2.24, 2.45) is 0 Å². The lowest BCUT2D eigenvalue weighted by molar-refractivity contribution is 0.671. The molecule has 0 amide bonds. The Morgan fingerprint density at radius 1 is 1.19 bits per heavy atom. The van der Waals surface area contributed by atoms with Gasteiger partial charge in [-0.05, 0) is 43.4 Å². The summed E-state index contributed by atoms with van der Waals surface area (Å²) < 4.78 is 1.52. The summed E-state index contributed by atoms with van der Waals surface area (Å²) in [7, 11) is 0. The second kappa shape index (κ2) is 4.74. The summed E-state index contributed by atoms with van der Waals surface area (Å²) in [4.78, 5) is 17.1. The summed E-state index contributed by atoms with van der Waals surface area (Å²) in [6, 6.07) is 7.33. The number of aromatic nitrogens is 3. The molecule has 1 N–H and O–H groups in total. The normalized spacial score (nSPS) is 14.3. The van der Waals surface area contributed by atoms with Crippen molar-refractivity contribution in [1.82, 2.24) is 14.8 Å². The van der Waals surface area contributed by atoms with Crippen LogP contribution in [-0.4, -0.2) is 14.8 Å². The highest BCUT2D eigenvalue weighted by atomic mass is 35.5. The highest BCUT2D eigenvalue weighted by Crippen LogP contribution is 2.26. The Balaban J connectivity index is 2.03. The molecule has 2 heterocycles. The van der Waals surface area contributed by atoms with E-state index < -0.39 is 0 Å². The van der Waals surface area contributed by atoms with E-state index in [1.165, 1.54) is 16.7 Å². The predicted molar refractivity (Wildman–Crippen MR) is 83.3 cm³/mol. The molecule has 1 aliphatic rings. The van der Waals surface area contributed by atoms with Crippen molar-refractivity contribution in [2.45, 2.75) is 25.7 Å². The molecule has 0 unspecified atom stereocenters. The fourth-order valence-corrected chi connectivity index (χ4v) is 3.27. The number of para-hydroxylation sites is 1. The molecule has 2 aromatic heterocycles. The number of hydrogen-bond donors (Lipinski definition) is 1. The number of fused-ring (bicyclic) bond motifs is 3. The van der Waals surface area contributed by atoms with Crippen molar-refractivity contribution in [3.63, 3.8) is 0 Å². The predicted octanol–water partition coefficient (Wildman–Crippen LogP) is 3.25. The van der Waals surface area contributed by atoms with Crippen LogP contribution >= 0.6 is 11.6 Å². The van der Waals surface area contributed by atoms with E-state index in [2.05, 4.69) is 10.1 Å². The first kappa shape index (κ1) is 12.7. The number of pyridine rings is 1. The van der Waals surface area contributed by atoms with E-state index in [1.807, 2.05) is 18.2 Å². The summed E-state index contributed by atoms with van der Waals surface area (Å²) in [5, 5.41) is 4.41. The number of aromatic amines is 1. The Labute approximate surface area is 126 Å². The van der Waals surface area contributed by atoms with Gasteiger partial charge in [0.2, 0.25) is 0 Å². The monoisotopic (exact) mass is 299 g/mol. The van der Waals surface area contributed by atoms with Gasteiger partial charge in [-0.3, -0.25) is 14.9 Å². The maximum atomic E-state index is 12.6. The Morgan fingerprint density at radius 3 is 2.86 bits per heavy atom. The molecule has 0 radical (unpaired) electrons. The van der Waals surface area contributed by atoms with E-state index in [1.54, 1.807) is 12.3 Å². The number of halogens is 1. The molecule has 0 aliphatic heterocycles. The number of benzene rings is 1. The number of hydrogen-bond acceptors (Lipinski definition) is 2. The van der Waals surface area contributed by atoms with E-state index in [4.69, 9.17) is 11.6 Å². The van der Waals surface area contributed by atoms with Crippen LogP contribution in [0.3, 0.4) is 0 Å². The molecule has 1 aromatic carbocycles. The van der Waals surface area contributed by atoms with Crippen molar-refractivity contribution >= 4 is 22.5 Å². The fraction of sp³-hybridized carbons (Fsp3) is 0.250. The molecule has 0 saturated carbocycles. The van der Waals surface area contributed by atoms with E-state index in [0.717, 1.165) is 30.5 Å². The first-order valence-corrected chi connectivity index (χ1v) is 7.50. The van der Waals surface area contributed by atoms with Gasteiger partial charge in [0.25, 0.3) is 5.56 Å². The Bertz CT molecular complexity index is 894. The lowest BCUT2D eigenvalue weighted by Gasteiger charge is -2.14. The molecular formula is C16H14ClN3O. The molecule has 3 aromatic rings. The summed E-state index contributed by atoms with van der Waals surface area (Å²) in [5.41, 5.74) is 3.77. The highest BCUT2D eigenvalue weighted by molar-refractivity contribution is 6.32. The zero-order valence-corrected chi connectivity index (χ0v) is 12.2.